The minimum atomic E-state index is 0.315. The molecule has 3 heteroatoms. The molecular formula is C13H16N2S. The second kappa shape index (κ2) is 4.76. The number of aryl methyl sites for hydroxylation is 1. The molecule has 0 aliphatic heterocycles. The number of nitrogens with zero attached hydrogens (tertiary/aromatic N) is 1. The third kappa shape index (κ3) is 2.31. The highest BCUT2D eigenvalue weighted by molar-refractivity contribution is 7.13. The first kappa shape index (κ1) is 11.3. The second-order valence-corrected chi connectivity index (χ2v) is 4.82. The molecule has 84 valence electrons. The summed E-state index contributed by atoms with van der Waals surface area (Å²) in [5.41, 5.74) is 3.60. The van der Waals surface area contributed by atoms with Gasteiger partial charge in [0.1, 0.15) is 5.01 Å². The maximum atomic E-state index is 4.65. The predicted octanol–water partition coefficient (Wildman–Crippen LogP) is 3.40. The molecule has 0 fully saturated rings. The molecule has 0 saturated heterocycles. The van der Waals surface area contributed by atoms with Crippen LogP contribution in [0.1, 0.15) is 24.2 Å². The lowest BCUT2D eigenvalue weighted by Gasteiger charge is -2.05. The fourth-order valence-electron chi connectivity index (χ4n) is 1.54. The van der Waals surface area contributed by atoms with Crippen molar-refractivity contribution in [2.24, 2.45) is 0 Å². The quantitative estimate of drug-likeness (QED) is 0.877. The van der Waals surface area contributed by atoms with E-state index in [0.29, 0.717) is 6.04 Å². The Morgan fingerprint density at radius 3 is 2.88 bits per heavy atom. The highest BCUT2D eigenvalue weighted by Gasteiger charge is 2.09. The van der Waals surface area contributed by atoms with Crippen LogP contribution in [0.15, 0.2) is 29.6 Å². The van der Waals surface area contributed by atoms with Crippen LogP contribution < -0.4 is 5.32 Å². The predicted molar refractivity (Wildman–Crippen MR) is 69.8 cm³/mol. The van der Waals surface area contributed by atoms with Crippen molar-refractivity contribution < 1.29 is 0 Å². The zero-order chi connectivity index (χ0) is 11.5. The second-order valence-electron chi connectivity index (χ2n) is 3.96. The van der Waals surface area contributed by atoms with E-state index in [1.165, 1.54) is 11.1 Å². The molecule has 1 aromatic heterocycles. The lowest BCUT2D eigenvalue weighted by Crippen LogP contribution is -2.12. The smallest absolute Gasteiger partial charge is 0.123 e. The van der Waals surface area contributed by atoms with Gasteiger partial charge in [0.25, 0.3) is 0 Å². The van der Waals surface area contributed by atoms with E-state index in [2.05, 4.69) is 53.8 Å². The zero-order valence-electron chi connectivity index (χ0n) is 9.82. The maximum absolute atomic E-state index is 4.65. The van der Waals surface area contributed by atoms with Crippen LogP contribution in [0.2, 0.25) is 0 Å². The van der Waals surface area contributed by atoms with Crippen LogP contribution in [-0.2, 0) is 0 Å². The van der Waals surface area contributed by atoms with Crippen LogP contribution in [0.4, 0.5) is 0 Å². The first-order chi connectivity index (χ1) is 7.70. The van der Waals surface area contributed by atoms with Gasteiger partial charge in [-0.3, -0.25) is 0 Å². The van der Waals surface area contributed by atoms with Crippen molar-refractivity contribution in [3.8, 4) is 10.6 Å². The first-order valence-electron chi connectivity index (χ1n) is 5.40. The van der Waals surface area contributed by atoms with Crippen molar-refractivity contribution in [1.29, 1.82) is 0 Å². The van der Waals surface area contributed by atoms with E-state index in [1.807, 2.05) is 7.05 Å². The van der Waals surface area contributed by atoms with Crippen LogP contribution in [0.25, 0.3) is 10.6 Å². The normalized spacial score (nSPS) is 12.7. The van der Waals surface area contributed by atoms with Gasteiger partial charge < -0.3 is 5.32 Å². The van der Waals surface area contributed by atoms with Crippen LogP contribution in [-0.4, -0.2) is 12.0 Å². The Kier molecular flexibility index (Phi) is 3.36. The number of hydrogen-bond donors (Lipinski definition) is 1. The lowest BCUT2D eigenvalue weighted by atomic mass is 10.1. The zero-order valence-corrected chi connectivity index (χ0v) is 10.6. The molecule has 0 radical (unpaired) electrons. The molecule has 0 aliphatic carbocycles. The molecule has 1 unspecified atom stereocenters. The van der Waals surface area contributed by atoms with E-state index in [0.717, 1.165) is 10.7 Å². The van der Waals surface area contributed by atoms with Crippen molar-refractivity contribution in [3.63, 3.8) is 0 Å². The van der Waals surface area contributed by atoms with E-state index < -0.39 is 0 Å². The largest absolute Gasteiger partial charge is 0.312 e. The van der Waals surface area contributed by atoms with Gasteiger partial charge >= 0.3 is 0 Å². The molecule has 1 heterocycles. The average Bonchev–Trinajstić information content (AvgIpc) is 2.77. The Labute approximate surface area is 100 Å². The van der Waals surface area contributed by atoms with Gasteiger partial charge in [0.15, 0.2) is 0 Å². The number of rotatable bonds is 3. The van der Waals surface area contributed by atoms with E-state index in [1.54, 1.807) is 11.3 Å². The van der Waals surface area contributed by atoms with Gasteiger partial charge in [0.2, 0.25) is 0 Å². The van der Waals surface area contributed by atoms with E-state index in [9.17, 15) is 0 Å². The van der Waals surface area contributed by atoms with Gasteiger partial charge in [-0.05, 0) is 27.0 Å². The molecule has 2 aromatic rings. The number of nitrogens with one attached hydrogen (secondary N) is 1. The number of thiazole rings is 1. The molecule has 1 atom stereocenters. The Balaban J connectivity index is 2.31. The van der Waals surface area contributed by atoms with Gasteiger partial charge in [-0.1, -0.05) is 23.8 Å². The van der Waals surface area contributed by atoms with E-state index in [-0.39, 0.29) is 0 Å². The van der Waals surface area contributed by atoms with Crippen LogP contribution in [0.3, 0.4) is 0 Å². The Morgan fingerprint density at radius 2 is 2.19 bits per heavy atom. The molecule has 1 N–H and O–H groups in total. The highest BCUT2D eigenvalue weighted by atomic mass is 32.1. The third-order valence-electron chi connectivity index (χ3n) is 2.66. The van der Waals surface area contributed by atoms with Gasteiger partial charge in [-0.2, -0.15) is 0 Å². The minimum absolute atomic E-state index is 0.315. The maximum Gasteiger partial charge on any atom is 0.123 e. The molecule has 0 spiro atoms. The van der Waals surface area contributed by atoms with Crippen LogP contribution >= 0.6 is 11.3 Å². The molecule has 0 amide bonds. The molecule has 2 rings (SSSR count). The summed E-state index contributed by atoms with van der Waals surface area (Å²) in [6.07, 6.45) is 0. The summed E-state index contributed by atoms with van der Waals surface area (Å²) in [6, 6.07) is 8.78. The van der Waals surface area contributed by atoms with Gasteiger partial charge in [0, 0.05) is 17.0 Å². The fraction of sp³-hybridized carbons (Fsp3) is 0.308. The standard InChI is InChI=1S/C13H16N2S/c1-9-5-4-6-11(7-9)13-15-12(8-16-13)10(2)14-3/h4-8,10,14H,1-3H3. The molecule has 16 heavy (non-hydrogen) atoms. The fourth-order valence-corrected chi connectivity index (χ4v) is 2.45. The summed E-state index contributed by atoms with van der Waals surface area (Å²) in [5.74, 6) is 0. The average molecular weight is 232 g/mol. The molecule has 0 bridgehead atoms. The summed E-state index contributed by atoms with van der Waals surface area (Å²) in [4.78, 5) is 4.65. The van der Waals surface area contributed by atoms with Crippen molar-refractivity contribution in [2.75, 3.05) is 7.05 Å². The Hall–Kier alpha value is -1.19. The van der Waals surface area contributed by atoms with E-state index >= 15 is 0 Å². The summed E-state index contributed by atoms with van der Waals surface area (Å²) < 4.78 is 0. The molecular weight excluding hydrogens is 216 g/mol. The number of aromatic nitrogens is 1. The number of hydrogen-bond acceptors (Lipinski definition) is 3. The molecule has 0 saturated carbocycles. The number of benzene rings is 1. The van der Waals surface area contributed by atoms with Crippen molar-refractivity contribution in [3.05, 3.63) is 40.9 Å². The molecule has 2 nitrogen and oxygen atoms in total. The first-order valence-corrected chi connectivity index (χ1v) is 6.28. The summed E-state index contributed by atoms with van der Waals surface area (Å²) in [6.45, 7) is 4.23. The van der Waals surface area contributed by atoms with Gasteiger partial charge in [-0.25, -0.2) is 4.98 Å². The topological polar surface area (TPSA) is 24.9 Å². The van der Waals surface area contributed by atoms with Gasteiger partial charge in [-0.15, -0.1) is 11.3 Å². The van der Waals surface area contributed by atoms with Gasteiger partial charge in [0.05, 0.1) is 5.69 Å². The van der Waals surface area contributed by atoms with E-state index in [4.69, 9.17) is 0 Å². The lowest BCUT2D eigenvalue weighted by molar-refractivity contribution is 0.637. The van der Waals surface area contributed by atoms with Crippen molar-refractivity contribution in [2.45, 2.75) is 19.9 Å². The summed E-state index contributed by atoms with van der Waals surface area (Å²) in [5, 5.41) is 6.42. The summed E-state index contributed by atoms with van der Waals surface area (Å²) >= 11 is 1.70. The summed E-state index contributed by atoms with van der Waals surface area (Å²) in [7, 11) is 1.95. The van der Waals surface area contributed by atoms with Crippen molar-refractivity contribution >= 4 is 11.3 Å². The minimum Gasteiger partial charge on any atom is -0.312 e. The monoisotopic (exact) mass is 232 g/mol. The SMILES string of the molecule is CNC(C)c1csc(-c2cccc(C)c2)n1. The molecule has 0 aliphatic rings. The van der Waals surface area contributed by atoms with Crippen molar-refractivity contribution in [1.82, 2.24) is 10.3 Å². The van der Waals surface area contributed by atoms with Crippen LogP contribution in [0, 0.1) is 6.92 Å². The Morgan fingerprint density at radius 1 is 1.38 bits per heavy atom. The Bertz CT molecular complexity index is 476. The molecule has 1 aromatic carbocycles. The van der Waals surface area contributed by atoms with Crippen LogP contribution in [0.5, 0.6) is 0 Å². The third-order valence-corrected chi connectivity index (χ3v) is 3.57. The highest BCUT2D eigenvalue weighted by Crippen LogP contribution is 2.26.